The molecule has 1 aliphatic heterocycles. The summed E-state index contributed by atoms with van der Waals surface area (Å²) >= 11 is 0. The molecule has 0 saturated heterocycles. The molecule has 0 bridgehead atoms. The van der Waals surface area contributed by atoms with Crippen molar-refractivity contribution in [1.29, 1.82) is 0 Å². The zero-order valence-corrected chi connectivity index (χ0v) is 19.9. The Labute approximate surface area is 204 Å². The summed E-state index contributed by atoms with van der Waals surface area (Å²) in [7, 11) is 0. The lowest BCUT2D eigenvalue weighted by atomic mass is 10.0. The maximum absolute atomic E-state index is 12.5. The van der Waals surface area contributed by atoms with Crippen molar-refractivity contribution in [2.75, 3.05) is 22.9 Å². The topological polar surface area (TPSA) is 114 Å². The molecule has 8 heteroatoms. The van der Waals surface area contributed by atoms with Crippen LogP contribution in [0.15, 0.2) is 72.4 Å². The number of nitro benzene ring substituents is 1. The molecular weight excluding hydrogens is 442 g/mol. The normalized spacial score (nSPS) is 14.0. The van der Waals surface area contributed by atoms with Crippen molar-refractivity contribution in [3.8, 4) is 0 Å². The van der Waals surface area contributed by atoms with Gasteiger partial charge in [-0.3, -0.25) is 19.8 Å². The highest BCUT2D eigenvalue weighted by Gasteiger charge is 2.26. The third-order valence-electron chi connectivity index (χ3n) is 5.95. The Hall–Kier alpha value is -4.17. The first-order valence-electron chi connectivity index (χ1n) is 11.6. The van der Waals surface area contributed by atoms with Crippen molar-refractivity contribution in [3.63, 3.8) is 0 Å². The van der Waals surface area contributed by atoms with Crippen LogP contribution in [0, 0.1) is 10.1 Å². The molecule has 0 aliphatic carbocycles. The van der Waals surface area contributed by atoms with E-state index in [1.54, 1.807) is 18.2 Å². The molecule has 3 aromatic carbocycles. The van der Waals surface area contributed by atoms with Crippen LogP contribution in [-0.4, -0.2) is 22.3 Å². The lowest BCUT2D eigenvalue weighted by Crippen LogP contribution is -2.23. The number of fused-ring (bicyclic) bond motifs is 1. The number of benzene rings is 3. The van der Waals surface area contributed by atoms with Gasteiger partial charge in [-0.1, -0.05) is 31.2 Å². The minimum Gasteiger partial charge on any atom is -0.399 e. The van der Waals surface area contributed by atoms with E-state index >= 15 is 0 Å². The largest absolute Gasteiger partial charge is 0.399 e. The Morgan fingerprint density at radius 3 is 2.26 bits per heavy atom. The first-order valence-corrected chi connectivity index (χ1v) is 11.6. The van der Waals surface area contributed by atoms with Crippen LogP contribution in [0.4, 0.5) is 22.7 Å². The van der Waals surface area contributed by atoms with Gasteiger partial charge < -0.3 is 16.4 Å². The number of nitrogen functional groups attached to an aromatic ring is 1. The van der Waals surface area contributed by atoms with Crippen LogP contribution in [0.5, 0.6) is 0 Å². The van der Waals surface area contributed by atoms with Crippen LogP contribution in [0.2, 0.25) is 0 Å². The number of carbonyl (C=O) groups excluding carboxylic acids is 1. The van der Waals surface area contributed by atoms with Crippen LogP contribution in [0.25, 0.3) is 5.57 Å². The molecule has 8 nitrogen and oxygen atoms in total. The summed E-state index contributed by atoms with van der Waals surface area (Å²) in [5.41, 5.74) is 12.6. The summed E-state index contributed by atoms with van der Waals surface area (Å²) in [6.07, 6.45) is 1.01. The number of allylic oxidation sites excluding steroid dienone is 1. The van der Waals surface area contributed by atoms with Gasteiger partial charge in [-0.25, -0.2) is 0 Å². The molecule has 0 aromatic heterocycles. The summed E-state index contributed by atoms with van der Waals surface area (Å²) in [5, 5.41) is 17.1. The van der Waals surface area contributed by atoms with Crippen molar-refractivity contribution in [2.24, 2.45) is 0 Å². The second kappa shape index (κ2) is 10.4. The van der Waals surface area contributed by atoms with Crippen molar-refractivity contribution in [2.45, 2.75) is 33.4 Å². The molecule has 4 N–H and O–H groups in total. The fourth-order valence-electron chi connectivity index (χ4n) is 4.30. The van der Waals surface area contributed by atoms with Crippen molar-refractivity contribution in [3.05, 3.63) is 99.2 Å². The van der Waals surface area contributed by atoms with E-state index in [4.69, 9.17) is 5.73 Å². The number of nitrogens with zero attached hydrogens (tertiary/aromatic N) is 2. The number of nitrogens with one attached hydrogen (secondary N) is 2. The minimum atomic E-state index is -0.381. The van der Waals surface area contributed by atoms with Gasteiger partial charge in [-0.15, -0.1) is 0 Å². The molecule has 4 rings (SSSR count). The minimum absolute atomic E-state index is 0.103. The van der Waals surface area contributed by atoms with Crippen molar-refractivity contribution >= 4 is 34.2 Å². The Kier molecular flexibility index (Phi) is 7.12. The predicted octanol–water partition coefficient (Wildman–Crippen LogP) is 5.38. The highest BCUT2D eigenvalue weighted by atomic mass is 16.6. The molecule has 1 heterocycles. The Balaban J connectivity index is 1.44. The average molecular weight is 472 g/mol. The number of nitro groups is 1. The smallest absolute Gasteiger partial charge is 0.269 e. The van der Waals surface area contributed by atoms with Crippen LogP contribution in [0.3, 0.4) is 0 Å². The number of nitrogens with two attached hydrogens (primary N) is 1. The molecule has 0 unspecified atom stereocenters. The third-order valence-corrected chi connectivity index (χ3v) is 5.95. The number of hydrogen-bond acceptors (Lipinski definition) is 6. The molecule has 0 atom stereocenters. The van der Waals surface area contributed by atoms with Gasteiger partial charge in [0.2, 0.25) is 0 Å². The van der Waals surface area contributed by atoms with Crippen LogP contribution >= 0.6 is 0 Å². The fourth-order valence-corrected chi connectivity index (χ4v) is 4.30. The zero-order chi connectivity index (χ0) is 24.9. The number of carbonyl (C=O) groups is 1. The SMILES string of the molecule is CCCN(Cc1ccc(NC(C)=C2C(=O)Nc3ccc(N)cc32)cc1)Cc1ccc([N+](=O)[O-])cc1. The summed E-state index contributed by atoms with van der Waals surface area (Å²) in [4.78, 5) is 25.4. The standard InChI is InChI=1S/C27H29N5O3/c1-3-14-31(17-20-6-11-23(12-7-20)32(34)35)16-19-4-9-22(10-5-19)29-18(2)26-24-15-21(28)8-13-25(24)30-27(26)33/h4-13,15,29H,3,14,16-17,28H2,1-2H3,(H,30,33). The molecule has 1 amide bonds. The zero-order valence-electron chi connectivity index (χ0n) is 19.9. The first kappa shape index (κ1) is 24.0. The number of anilines is 3. The van der Waals surface area contributed by atoms with Gasteiger partial charge in [0.05, 0.1) is 10.5 Å². The molecule has 0 spiro atoms. The van der Waals surface area contributed by atoms with E-state index in [0.717, 1.165) is 53.3 Å². The second-order valence-electron chi connectivity index (χ2n) is 8.72. The second-order valence-corrected chi connectivity index (χ2v) is 8.72. The molecule has 1 aliphatic rings. The van der Waals surface area contributed by atoms with E-state index in [0.29, 0.717) is 17.8 Å². The van der Waals surface area contributed by atoms with E-state index in [-0.39, 0.29) is 16.5 Å². The van der Waals surface area contributed by atoms with Crippen LogP contribution < -0.4 is 16.4 Å². The van der Waals surface area contributed by atoms with Crippen LogP contribution in [0.1, 0.15) is 37.0 Å². The van der Waals surface area contributed by atoms with Crippen molar-refractivity contribution < 1.29 is 9.72 Å². The highest BCUT2D eigenvalue weighted by molar-refractivity contribution is 6.32. The maximum Gasteiger partial charge on any atom is 0.269 e. The third kappa shape index (κ3) is 5.67. The van der Waals surface area contributed by atoms with Gasteiger partial charge in [-0.05, 0) is 61.3 Å². The lowest BCUT2D eigenvalue weighted by molar-refractivity contribution is -0.384. The van der Waals surface area contributed by atoms with E-state index in [1.807, 2.05) is 43.3 Å². The van der Waals surface area contributed by atoms with E-state index in [2.05, 4.69) is 34.6 Å². The van der Waals surface area contributed by atoms with Crippen molar-refractivity contribution in [1.82, 2.24) is 4.90 Å². The maximum atomic E-state index is 12.5. The molecule has 35 heavy (non-hydrogen) atoms. The summed E-state index contributed by atoms with van der Waals surface area (Å²) in [6, 6.07) is 20.3. The van der Waals surface area contributed by atoms with Gasteiger partial charge in [0.25, 0.3) is 11.6 Å². The van der Waals surface area contributed by atoms with E-state index < -0.39 is 0 Å². The number of rotatable bonds is 9. The van der Waals surface area contributed by atoms with Gasteiger partial charge in [0.1, 0.15) is 0 Å². The summed E-state index contributed by atoms with van der Waals surface area (Å²) < 4.78 is 0. The number of amides is 1. The van der Waals surface area contributed by atoms with Gasteiger partial charge >= 0.3 is 0 Å². The Morgan fingerprint density at radius 1 is 1.03 bits per heavy atom. The quantitative estimate of drug-likeness (QED) is 0.167. The Bertz CT molecular complexity index is 1270. The van der Waals surface area contributed by atoms with E-state index in [1.165, 1.54) is 0 Å². The van der Waals surface area contributed by atoms with Crippen LogP contribution in [-0.2, 0) is 17.9 Å². The molecule has 180 valence electrons. The first-order chi connectivity index (χ1) is 16.8. The monoisotopic (exact) mass is 471 g/mol. The number of hydrogen-bond donors (Lipinski definition) is 3. The predicted molar refractivity (Wildman–Crippen MR) is 140 cm³/mol. The lowest BCUT2D eigenvalue weighted by Gasteiger charge is -2.22. The summed E-state index contributed by atoms with van der Waals surface area (Å²) in [6.45, 7) is 6.42. The Morgan fingerprint density at radius 2 is 1.66 bits per heavy atom. The summed E-state index contributed by atoms with van der Waals surface area (Å²) in [5.74, 6) is -0.145. The average Bonchev–Trinajstić information content (AvgIpc) is 3.15. The van der Waals surface area contributed by atoms with Gasteiger partial charge in [-0.2, -0.15) is 0 Å². The van der Waals surface area contributed by atoms with Gasteiger partial charge in [0.15, 0.2) is 0 Å². The molecule has 0 saturated carbocycles. The highest BCUT2D eigenvalue weighted by Crippen LogP contribution is 2.35. The number of non-ortho nitro benzene ring substituents is 1. The molecule has 3 aromatic rings. The molecule has 0 radical (unpaired) electrons. The fraction of sp³-hybridized carbons (Fsp3) is 0.222. The van der Waals surface area contributed by atoms with Gasteiger partial charge in [0, 0.05) is 53.5 Å². The molecule has 0 fully saturated rings. The van der Waals surface area contributed by atoms with E-state index in [9.17, 15) is 14.9 Å². The molecular formula is C27H29N5O3.